The summed E-state index contributed by atoms with van der Waals surface area (Å²) in [7, 11) is 3.20. The van der Waals surface area contributed by atoms with E-state index < -0.39 is 11.9 Å². The Hall–Kier alpha value is -1.43. The van der Waals surface area contributed by atoms with Crippen molar-refractivity contribution in [2.75, 3.05) is 27.2 Å². The topological polar surface area (TPSA) is 96.5 Å². The second-order valence-electron chi connectivity index (χ2n) is 3.22. The van der Waals surface area contributed by atoms with Gasteiger partial charge in [0.1, 0.15) is 11.7 Å². The number of carbonyl (C=O) groups excluding carboxylic acids is 2. The Morgan fingerprint density at radius 2 is 2.27 bits per heavy atom. The minimum absolute atomic E-state index is 0.0000463. The average Bonchev–Trinajstić information content (AvgIpc) is 2.22. The first-order valence-corrected chi connectivity index (χ1v) is 4.56. The number of carbonyl (C=O) groups is 2. The van der Waals surface area contributed by atoms with Gasteiger partial charge in [0, 0.05) is 19.5 Å². The van der Waals surface area contributed by atoms with Gasteiger partial charge in [0.15, 0.2) is 0 Å². The fourth-order valence-corrected chi connectivity index (χ4v) is 1.33. The molecule has 0 aromatic carbocycles. The number of nitrogens with one attached hydrogen (secondary N) is 1. The highest BCUT2D eigenvalue weighted by atomic mass is 16.5. The molecule has 1 aliphatic heterocycles. The molecule has 0 bridgehead atoms. The second kappa shape index (κ2) is 6.94. The smallest absolute Gasteiger partial charge is 0.317 e. The predicted octanol–water partition coefficient (Wildman–Crippen LogP) is -0.768. The van der Waals surface area contributed by atoms with Crippen LogP contribution in [0, 0.1) is 11.3 Å². The van der Waals surface area contributed by atoms with Gasteiger partial charge in [0.2, 0.25) is 0 Å². The number of ketones is 1. The Labute approximate surface area is 88.9 Å². The lowest BCUT2D eigenvalue weighted by molar-refractivity contribution is -0.151. The van der Waals surface area contributed by atoms with Crippen molar-refractivity contribution in [2.45, 2.75) is 6.42 Å². The van der Waals surface area contributed by atoms with Crippen molar-refractivity contribution in [1.82, 2.24) is 4.90 Å². The molecular formula is C9H17N3O3. The molecule has 0 spiro atoms. The highest BCUT2D eigenvalue weighted by molar-refractivity contribution is 5.99. The van der Waals surface area contributed by atoms with E-state index in [-0.39, 0.29) is 5.78 Å². The van der Waals surface area contributed by atoms with Crippen molar-refractivity contribution < 1.29 is 14.3 Å². The van der Waals surface area contributed by atoms with E-state index in [1.165, 1.54) is 7.11 Å². The maximum atomic E-state index is 11.2. The van der Waals surface area contributed by atoms with Crippen LogP contribution in [-0.2, 0) is 14.3 Å². The fraction of sp³-hybridized carbons (Fsp3) is 0.667. The standard InChI is InChI=1S/C8H13NO3.CH4N2/c1-9-4-3-7(10)6(5-9)8(11)12-2;2-1-3/h6H,3-5H2,1-2H3;1H,(H3,2,3). The van der Waals surface area contributed by atoms with Gasteiger partial charge in [-0.25, -0.2) is 0 Å². The normalized spacial score (nSPS) is 21.2. The Morgan fingerprint density at radius 1 is 1.73 bits per heavy atom. The molecule has 1 unspecified atom stereocenters. The number of ether oxygens (including phenoxy) is 1. The lowest BCUT2D eigenvalue weighted by Crippen LogP contribution is -2.42. The van der Waals surface area contributed by atoms with Crippen LogP contribution in [0.15, 0.2) is 0 Å². The summed E-state index contributed by atoms with van der Waals surface area (Å²) in [5, 5.41) is 5.86. The largest absolute Gasteiger partial charge is 0.468 e. The molecule has 1 aliphatic rings. The minimum atomic E-state index is -0.561. The van der Waals surface area contributed by atoms with Gasteiger partial charge in [-0.2, -0.15) is 0 Å². The Kier molecular flexibility index (Phi) is 6.28. The zero-order valence-corrected chi connectivity index (χ0v) is 9.03. The van der Waals surface area contributed by atoms with Crippen LogP contribution in [0.2, 0.25) is 0 Å². The quantitative estimate of drug-likeness (QED) is 0.259. The van der Waals surface area contributed by atoms with E-state index in [1.54, 1.807) is 0 Å². The van der Waals surface area contributed by atoms with E-state index in [0.29, 0.717) is 13.0 Å². The average molecular weight is 215 g/mol. The Balaban J connectivity index is 0.000000583. The molecule has 1 heterocycles. The summed E-state index contributed by atoms with van der Waals surface area (Å²) in [6, 6.07) is 0. The molecule has 15 heavy (non-hydrogen) atoms. The van der Waals surface area contributed by atoms with E-state index in [4.69, 9.17) is 5.41 Å². The van der Waals surface area contributed by atoms with E-state index in [1.807, 2.05) is 11.9 Å². The molecule has 0 amide bonds. The maximum absolute atomic E-state index is 11.2. The molecule has 1 saturated heterocycles. The van der Waals surface area contributed by atoms with Crippen LogP contribution in [-0.4, -0.2) is 50.2 Å². The SMILES string of the molecule is COC(=O)C1CN(C)CCC1=O.N=CN. The van der Waals surface area contributed by atoms with Crippen LogP contribution in [0.3, 0.4) is 0 Å². The van der Waals surface area contributed by atoms with Crippen LogP contribution < -0.4 is 5.73 Å². The number of likely N-dealkylation sites (tertiary alicyclic amines) is 1. The second-order valence-corrected chi connectivity index (χ2v) is 3.22. The molecule has 0 aliphatic carbocycles. The highest BCUT2D eigenvalue weighted by Gasteiger charge is 2.31. The number of nitrogens with zero attached hydrogens (tertiary/aromatic N) is 1. The third-order valence-electron chi connectivity index (χ3n) is 2.11. The molecule has 6 heteroatoms. The van der Waals surface area contributed by atoms with Gasteiger partial charge in [0.05, 0.1) is 13.4 Å². The monoisotopic (exact) mass is 215 g/mol. The third-order valence-corrected chi connectivity index (χ3v) is 2.11. The molecule has 1 fully saturated rings. The summed E-state index contributed by atoms with van der Waals surface area (Å²) in [5.74, 6) is -0.972. The van der Waals surface area contributed by atoms with Crippen LogP contribution in [0.25, 0.3) is 0 Å². The molecule has 3 N–H and O–H groups in total. The van der Waals surface area contributed by atoms with Crippen molar-refractivity contribution in [3.05, 3.63) is 0 Å². The third kappa shape index (κ3) is 4.55. The van der Waals surface area contributed by atoms with E-state index >= 15 is 0 Å². The van der Waals surface area contributed by atoms with E-state index in [9.17, 15) is 9.59 Å². The molecule has 0 aromatic heterocycles. The number of methoxy groups -OCH3 is 1. The number of piperidine rings is 1. The van der Waals surface area contributed by atoms with Gasteiger partial charge in [-0.15, -0.1) is 0 Å². The lowest BCUT2D eigenvalue weighted by atomic mass is 9.97. The summed E-state index contributed by atoms with van der Waals surface area (Å²) in [6.45, 7) is 1.23. The number of hydrogen-bond acceptors (Lipinski definition) is 5. The number of esters is 1. The molecule has 0 radical (unpaired) electrons. The number of nitrogens with two attached hydrogens (primary N) is 1. The molecule has 0 aromatic rings. The zero-order chi connectivity index (χ0) is 11.8. The number of hydrogen-bond donors (Lipinski definition) is 2. The molecular weight excluding hydrogens is 198 g/mol. The Morgan fingerprint density at radius 3 is 2.73 bits per heavy atom. The van der Waals surface area contributed by atoms with Crippen LogP contribution in [0.1, 0.15) is 6.42 Å². The summed E-state index contributed by atoms with van der Waals surface area (Å²) in [6.07, 6.45) is 1.20. The summed E-state index contributed by atoms with van der Waals surface area (Å²) < 4.78 is 4.52. The van der Waals surface area contributed by atoms with Crippen molar-refractivity contribution >= 4 is 18.1 Å². The number of rotatable bonds is 1. The van der Waals surface area contributed by atoms with Gasteiger partial charge >= 0.3 is 5.97 Å². The first kappa shape index (κ1) is 13.6. The van der Waals surface area contributed by atoms with E-state index in [2.05, 4.69) is 10.5 Å². The van der Waals surface area contributed by atoms with Gasteiger partial charge in [-0.1, -0.05) is 0 Å². The minimum Gasteiger partial charge on any atom is -0.468 e. The zero-order valence-electron chi connectivity index (χ0n) is 9.03. The van der Waals surface area contributed by atoms with Crippen molar-refractivity contribution in [3.8, 4) is 0 Å². The van der Waals surface area contributed by atoms with Gasteiger partial charge in [-0.05, 0) is 7.05 Å². The van der Waals surface area contributed by atoms with Crippen molar-refractivity contribution in [1.29, 1.82) is 5.41 Å². The lowest BCUT2D eigenvalue weighted by Gasteiger charge is -2.26. The Bertz CT molecular complexity index is 235. The predicted molar refractivity (Wildman–Crippen MR) is 55.6 cm³/mol. The maximum Gasteiger partial charge on any atom is 0.317 e. The number of Topliss-reactive ketones (excluding diaryl/α,β-unsaturated/α-hetero) is 1. The van der Waals surface area contributed by atoms with Gasteiger partial charge in [0.25, 0.3) is 0 Å². The molecule has 0 saturated carbocycles. The van der Waals surface area contributed by atoms with Gasteiger partial charge < -0.3 is 15.4 Å². The summed E-state index contributed by atoms with van der Waals surface area (Å²) >= 11 is 0. The molecule has 86 valence electrons. The molecule has 1 atom stereocenters. The fourth-order valence-electron chi connectivity index (χ4n) is 1.33. The first-order valence-electron chi connectivity index (χ1n) is 4.56. The highest BCUT2D eigenvalue weighted by Crippen LogP contribution is 2.12. The van der Waals surface area contributed by atoms with Crippen molar-refractivity contribution in [3.63, 3.8) is 0 Å². The summed E-state index contributed by atoms with van der Waals surface area (Å²) in [4.78, 5) is 24.2. The summed E-state index contributed by atoms with van der Waals surface area (Å²) in [5.41, 5.74) is 4.39. The van der Waals surface area contributed by atoms with Crippen molar-refractivity contribution in [2.24, 2.45) is 11.7 Å². The molecule has 6 nitrogen and oxygen atoms in total. The van der Waals surface area contributed by atoms with E-state index in [0.717, 1.165) is 12.9 Å². The molecule has 1 rings (SSSR count). The van der Waals surface area contributed by atoms with Crippen LogP contribution >= 0.6 is 0 Å². The first-order chi connectivity index (χ1) is 7.06. The van der Waals surface area contributed by atoms with Crippen LogP contribution in [0.4, 0.5) is 0 Å². The van der Waals surface area contributed by atoms with Gasteiger partial charge in [-0.3, -0.25) is 15.0 Å². The van der Waals surface area contributed by atoms with Crippen LogP contribution in [0.5, 0.6) is 0 Å².